The molecule has 0 atom stereocenters. The van der Waals surface area contributed by atoms with Crippen molar-refractivity contribution in [2.24, 2.45) is 0 Å². The molecule has 1 aromatic rings. The fraction of sp³-hybridized carbons (Fsp3) is 0.650. The first-order chi connectivity index (χ1) is 14.0. The Labute approximate surface area is 173 Å². The number of piperazine rings is 1. The molecule has 0 aliphatic carbocycles. The van der Waals surface area contributed by atoms with Gasteiger partial charge in [-0.3, -0.25) is 5.32 Å². The molecular weight excluding hydrogens is 392 g/mol. The predicted molar refractivity (Wildman–Crippen MR) is 114 cm³/mol. The van der Waals surface area contributed by atoms with E-state index in [0.717, 1.165) is 57.7 Å². The number of carbonyl (C=O) groups excluding carboxylic acids is 1. The van der Waals surface area contributed by atoms with Crippen LogP contribution in [-0.4, -0.2) is 76.1 Å². The molecule has 0 saturated carbocycles. The predicted octanol–water partition coefficient (Wildman–Crippen LogP) is 2.57. The molecule has 2 aliphatic rings. The number of sulfonamides is 1. The molecule has 0 radical (unpaired) electrons. The molecular formula is C20H32N4O4S. The highest BCUT2D eigenvalue weighted by Gasteiger charge is 2.28. The molecule has 1 aromatic carbocycles. The summed E-state index contributed by atoms with van der Waals surface area (Å²) in [5, 5.41) is 2.75. The summed E-state index contributed by atoms with van der Waals surface area (Å²) >= 11 is 0. The van der Waals surface area contributed by atoms with E-state index in [2.05, 4.69) is 22.0 Å². The minimum atomic E-state index is -3.58. The number of hydrogen-bond acceptors (Lipinski definition) is 6. The van der Waals surface area contributed by atoms with Crippen molar-refractivity contribution in [1.82, 2.24) is 9.21 Å². The van der Waals surface area contributed by atoms with Crippen LogP contribution in [0.15, 0.2) is 23.1 Å². The number of nitrogens with one attached hydrogen (secondary N) is 1. The van der Waals surface area contributed by atoms with Crippen molar-refractivity contribution in [2.75, 3.05) is 62.6 Å². The van der Waals surface area contributed by atoms with Crippen LogP contribution >= 0.6 is 0 Å². The Hall–Kier alpha value is -1.84. The zero-order valence-corrected chi connectivity index (χ0v) is 18.2. The van der Waals surface area contributed by atoms with Crippen molar-refractivity contribution in [2.45, 2.75) is 38.0 Å². The van der Waals surface area contributed by atoms with Gasteiger partial charge in [0.1, 0.15) is 0 Å². The van der Waals surface area contributed by atoms with E-state index >= 15 is 0 Å². The van der Waals surface area contributed by atoms with Gasteiger partial charge in [0.2, 0.25) is 10.0 Å². The quantitative estimate of drug-likeness (QED) is 0.756. The molecule has 0 unspecified atom stereocenters. The molecule has 2 aliphatic heterocycles. The number of carbonyl (C=O) groups is 1. The van der Waals surface area contributed by atoms with E-state index in [1.807, 2.05) is 0 Å². The van der Waals surface area contributed by atoms with Crippen LogP contribution in [0.3, 0.4) is 0 Å². The van der Waals surface area contributed by atoms with Gasteiger partial charge in [-0.2, -0.15) is 4.31 Å². The zero-order chi connectivity index (χ0) is 20.9. The number of rotatable bonds is 6. The first kappa shape index (κ1) is 21.9. The maximum atomic E-state index is 13.1. The van der Waals surface area contributed by atoms with Gasteiger partial charge in [-0.15, -0.1) is 0 Å². The van der Waals surface area contributed by atoms with E-state index in [1.165, 1.54) is 0 Å². The van der Waals surface area contributed by atoms with Gasteiger partial charge in [0.25, 0.3) is 0 Å². The molecule has 9 heteroatoms. The van der Waals surface area contributed by atoms with Crippen LogP contribution in [0.5, 0.6) is 0 Å². The van der Waals surface area contributed by atoms with Crippen LogP contribution in [0.4, 0.5) is 16.2 Å². The van der Waals surface area contributed by atoms with Gasteiger partial charge in [0.05, 0.1) is 22.9 Å². The monoisotopic (exact) mass is 424 g/mol. The van der Waals surface area contributed by atoms with Crippen molar-refractivity contribution >= 4 is 27.5 Å². The molecule has 0 spiro atoms. The first-order valence-corrected chi connectivity index (χ1v) is 11.9. The standard InChI is InChI=1S/C20H32N4O4S/c1-3-22-12-14-23(15-13-22)19-9-8-17(16-18(19)21-20(25)28-4-2)29(26,27)24-10-6-5-7-11-24/h8-9,16H,3-7,10-15H2,1-2H3,(H,21,25). The number of benzene rings is 1. The lowest BCUT2D eigenvalue weighted by atomic mass is 10.2. The number of piperidine rings is 1. The van der Waals surface area contributed by atoms with Crippen LogP contribution < -0.4 is 10.2 Å². The van der Waals surface area contributed by atoms with Gasteiger partial charge in [-0.25, -0.2) is 13.2 Å². The Morgan fingerprint density at radius 3 is 2.34 bits per heavy atom. The number of hydrogen-bond donors (Lipinski definition) is 1. The van der Waals surface area contributed by atoms with Gasteiger partial charge in [0.15, 0.2) is 0 Å². The number of nitrogens with zero attached hydrogens (tertiary/aromatic N) is 3. The Morgan fingerprint density at radius 2 is 1.72 bits per heavy atom. The van der Waals surface area contributed by atoms with E-state index in [1.54, 1.807) is 29.4 Å². The minimum Gasteiger partial charge on any atom is -0.450 e. The van der Waals surface area contributed by atoms with E-state index in [4.69, 9.17) is 4.74 Å². The molecule has 1 N–H and O–H groups in total. The number of amides is 1. The highest BCUT2D eigenvalue weighted by molar-refractivity contribution is 7.89. The zero-order valence-electron chi connectivity index (χ0n) is 17.4. The van der Waals surface area contributed by atoms with Crippen molar-refractivity contribution < 1.29 is 17.9 Å². The van der Waals surface area contributed by atoms with Gasteiger partial charge in [-0.1, -0.05) is 13.3 Å². The van der Waals surface area contributed by atoms with Crippen LogP contribution in [0.1, 0.15) is 33.1 Å². The fourth-order valence-corrected chi connectivity index (χ4v) is 5.43. The minimum absolute atomic E-state index is 0.210. The van der Waals surface area contributed by atoms with E-state index in [0.29, 0.717) is 18.8 Å². The molecule has 162 valence electrons. The Balaban J connectivity index is 1.89. The van der Waals surface area contributed by atoms with Crippen molar-refractivity contribution in [1.29, 1.82) is 0 Å². The second-order valence-corrected chi connectivity index (χ2v) is 9.35. The lowest BCUT2D eigenvalue weighted by Gasteiger charge is -2.36. The lowest BCUT2D eigenvalue weighted by Crippen LogP contribution is -2.46. The average Bonchev–Trinajstić information content (AvgIpc) is 2.74. The summed E-state index contributed by atoms with van der Waals surface area (Å²) in [7, 11) is -3.58. The molecule has 2 saturated heterocycles. The smallest absolute Gasteiger partial charge is 0.411 e. The topological polar surface area (TPSA) is 82.2 Å². The summed E-state index contributed by atoms with van der Waals surface area (Å²) in [6, 6.07) is 5.03. The van der Waals surface area contributed by atoms with E-state index < -0.39 is 16.1 Å². The third kappa shape index (κ3) is 5.21. The first-order valence-electron chi connectivity index (χ1n) is 10.5. The van der Waals surface area contributed by atoms with Crippen LogP contribution in [0, 0.1) is 0 Å². The molecule has 29 heavy (non-hydrogen) atoms. The second-order valence-electron chi connectivity index (χ2n) is 7.41. The molecule has 0 bridgehead atoms. The summed E-state index contributed by atoms with van der Waals surface area (Å²) < 4.78 is 32.7. The number of ether oxygens (including phenoxy) is 1. The molecule has 1 amide bonds. The summed E-state index contributed by atoms with van der Waals surface area (Å²) in [6.45, 7) is 9.75. The summed E-state index contributed by atoms with van der Waals surface area (Å²) in [6.07, 6.45) is 2.25. The van der Waals surface area contributed by atoms with Gasteiger partial charge >= 0.3 is 6.09 Å². The molecule has 0 aromatic heterocycles. The summed E-state index contributed by atoms with van der Waals surface area (Å²) in [5.74, 6) is 0. The van der Waals surface area contributed by atoms with Crippen molar-refractivity contribution in [3.8, 4) is 0 Å². The van der Waals surface area contributed by atoms with Crippen molar-refractivity contribution in [3.63, 3.8) is 0 Å². The van der Waals surface area contributed by atoms with Crippen LogP contribution in [0.2, 0.25) is 0 Å². The Bertz CT molecular complexity index is 801. The average molecular weight is 425 g/mol. The van der Waals surface area contributed by atoms with Crippen LogP contribution in [-0.2, 0) is 14.8 Å². The van der Waals surface area contributed by atoms with E-state index in [-0.39, 0.29) is 11.5 Å². The van der Waals surface area contributed by atoms with Crippen LogP contribution in [0.25, 0.3) is 0 Å². The highest BCUT2D eigenvalue weighted by atomic mass is 32.2. The van der Waals surface area contributed by atoms with Gasteiger partial charge in [0, 0.05) is 39.3 Å². The molecule has 3 rings (SSSR count). The number of likely N-dealkylation sites (N-methyl/N-ethyl adjacent to an activating group) is 1. The summed E-state index contributed by atoms with van der Waals surface area (Å²) in [4.78, 5) is 16.8. The number of anilines is 2. The summed E-state index contributed by atoms with van der Waals surface area (Å²) in [5.41, 5.74) is 1.30. The fourth-order valence-electron chi connectivity index (χ4n) is 3.89. The third-order valence-electron chi connectivity index (χ3n) is 5.59. The normalized spacial score (nSPS) is 19.2. The maximum absolute atomic E-state index is 13.1. The molecule has 2 fully saturated rings. The largest absolute Gasteiger partial charge is 0.450 e. The van der Waals surface area contributed by atoms with Gasteiger partial charge in [-0.05, 0) is 44.5 Å². The maximum Gasteiger partial charge on any atom is 0.411 e. The van der Waals surface area contributed by atoms with Crippen molar-refractivity contribution in [3.05, 3.63) is 18.2 Å². The van der Waals surface area contributed by atoms with E-state index in [9.17, 15) is 13.2 Å². The Kier molecular flexibility index (Phi) is 7.37. The third-order valence-corrected chi connectivity index (χ3v) is 7.49. The molecule has 8 nitrogen and oxygen atoms in total. The SMILES string of the molecule is CCOC(=O)Nc1cc(S(=O)(=O)N2CCCCC2)ccc1N1CCN(CC)CC1. The van der Waals surface area contributed by atoms with Gasteiger partial charge < -0.3 is 14.5 Å². The second kappa shape index (κ2) is 9.77. The molecule has 2 heterocycles. The lowest BCUT2D eigenvalue weighted by molar-refractivity contribution is 0.168. The Morgan fingerprint density at radius 1 is 1.03 bits per heavy atom. The highest BCUT2D eigenvalue weighted by Crippen LogP contribution is 2.32.